The van der Waals surface area contributed by atoms with Crippen LogP contribution < -0.4 is 11.3 Å². The first kappa shape index (κ1) is 12.9. The number of nitrogens with two attached hydrogens (primary N) is 1. The number of fused-ring (bicyclic) bond motifs is 1. The molecular weight excluding hydrogens is 268 g/mol. The van der Waals surface area contributed by atoms with Crippen LogP contribution in [0.25, 0.3) is 10.9 Å². The highest BCUT2D eigenvalue weighted by Gasteiger charge is 2.06. The molecular formula is C15H14N4S. The minimum Gasteiger partial charge on any atom is -0.308 e. The van der Waals surface area contributed by atoms with Crippen molar-refractivity contribution in [3.63, 3.8) is 0 Å². The molecule has 0 aliphatic rings. The van der Waals surface area contributed by atoms with Gasteiger partial charge >= 0.3 is 0 Å². The van der Waals surface area contributed by atoms with Crippen LogP contribution in [-0.4, -0.2) is 9.97 Å². The van der Waals surface area contributed by atoms with Gasteiger partial charge in [-0.15, -0.1) is 11.8 Å². The molecule has 5 heteroatoms. The van der Waals surface area contributed by atoms with Crippen LogP contribution in [-0.2, 0) is 5.75 Å². The van der Waals surface area contributed by atoms with E-state index in [-0.39, 0.29) is 0 Å². The highest BCUT2D eigenvalue weighted by Crippen LogP contribution is 2.27. The summed E-state index contributed by atoms with van der Waals surface area (Å²) in [6.45, 7) is 0. The molecule has 0 saturated carbocycles. The van der Waals surface area contributed by atoms with Crippen LogP contribution in [0, 0.1) is 0 Å². The van der Waals surface area contributed by atoms with E-state index in [0.717, 1.165) is 28.0 Å². The number of hydrogen-bond donors (Lipinski definition) is 2. The van der Waals surface area contributed by atoms with Crippen molar-refractivity contribution in [3.05, 3.63) is 60.4 Å². The Balaban J connectivity index is 1.90. The molecule has 0 aliphatic heterocycles. The molecule has 0 fully saturated rings. The number of nitrogen functional groups attached to an aromatic ring is 1. The molecule has 0 unspecified atom stereocenters. The summed E-state index contributed by atoms with van der Waals surface area (Å²) in [5.74, 6) is 7.11. The number of hydrogen-bond acceptors (Lipinski definition) is 5. The second kappa shape index (κ2) is 5.90. The first-order valence-corrected chi connectivity index (χ1v) is 7.23. The van der Waals surface area contributed by atoms with Gasteiger partial charge < -0.3 is 5.43 Å². The van der Waals surface area contributed by atoms with Crippen molar-refractivity contribution >= 4 is 28.5 Å². The fourth-order valence-electron chi connectivity index (χ4n) is 1.99. The summed E-state index contributed by atoms with van der Waals surface area (Å²) in [5.41, 5.74) is 4.72. The predicted octanol–water partition coefficient (Wildman–Crippen LogP) is 3.21. The van der Waals surface area contributed by atoms with E-state index in [1.807, 2.05) is 30.3 Å². The molecule has 0 radical (unpaired) electrons. The molecule has 1 aromatic carbocycles. The summed E-state index contributed by atoms with van der Waals surface area (Å²) < 4.78 is 0. The van der Waals surface area contributed by atoms with E-state index < -0.39 is 0 Å². The standard InChI is InChI=1S/C15H14N4S/c16-19-15-12(10-20-13-5-7-17-8-6-13)9-11-3-1-2-4-14(11)18-15/h1-9H,10,16H2,(H,18,19). The molecule has 3 aromatic rings. The zero-order chi connectivity index (χ0) is 13.8. The van der Waals surface area contributed by atoms with Crippen LogP contribution >= 0.6 is 11.8 Å². The normalized spacial score (nSPS) is 10.7. The van der Waals surface area contributed by atoms with E-state index in [9.17, 15) is 0 Å². The van der Waals surface area contributed by atoms with Gasteiger partial charge in [0, 0.05) is 34.0 Å². The number of pyridine rings is 2. The topological polar surface area (TPSA) is 63.8 Å². The third kappa shape index (κ3) is 2.74. The van der Waals surface area contributed by atoms with Gasteiger partial charge in [0.1, 0.15) is 5.82 Å². The number of rotatable bonds is 4. The number of thioether (sulfide) groups is 1. The molecule has 3 N–H and O–H groups in total. The van der Waals surface area contributed by atoms with E-state index in [1.165, 1.54) is 4.90 Å². The number of nitrogens with one attached hydrogen (secondary N) is 1. The number of nitrogens with zero attached hydrogens (tertiary/aromatic N) is 2. The summed E-state index contributed by atoms with van der Waals surface area (Å²) in [6.07, 6.45) is 3.59. The summed E-state index contributed by atoms with van der Waals surface area (Å²) in [4.78, 5) is 9.74. The minimum absolute atomic E-state index is 0.727. The van der Waals surface area contributed by atoms with Gasteiger partial charge in [0.15, 0.2) is 0 Å². The van der Waals surface area contributed by atoms with Gasteiger partial charge in [-0.1, -0.05) is 18.2 Å². The lowest BCUT2D eigenvalue weighted by Gasteiger charge is -2.09. The van der Waals surface area contributed by atoms with Crippen LogP contribution in [0.4, 0.5) is 5.82 Å². The van der Waals surface area contributed by atoms with Crippen molar-refractivity contribution in [2.24, 2.45) is 5.84 Å². The average molecular weight is 282 g/mol. The second-order valence-electron chi connectivity index (χ2n) is 4.30. The van der Waals surface area contributed by atoms with Crippen LogP contribution in [0.3, 0.4) is 0 Å². The molecule has 0 spiro atoms. The number of benzene rings is 1. The Hall–Kier alpha value is -2.11. The maximum Gasteiger partial charge on any atom is 0.144 e. The fourth-order valence-corrected chi connectivity index (χ4v) is 2.85. The molecule has 3 rings (SSSR count). The lowest BCUT2D eigenvalue weighted by molar-refractivity contribution is 1.21. The zero-order valence-electron chi connectivity index (χ0n) is 10.8. The van der Waals surface area contributed by atoms with Crippen molar-refractivity contribution in [1.82, 2.24) is 9.97 Å². The summed E-state index contributed by atoms with van der Waals surface area (Å²) in [7, 11) is 0. The van der Waals surface area contributed by atoms with Crippen molar-refractivity contribution in [1.29, 1.82) is 0 Å². The number of para-hydroxylation sites is 1. The van der Waals surface area contributed by atoms with Gasteiger partial charge in [-0.05, 0) is 24.3 Å². The molecule has 100 valence electrons. The molecule has 2 aromatic heterocycles. The monoisotopic (exact) mass is 282 g/mol. The van der Waals surface area contributed by atoms with Gasteiger partial charge in [-0.3, -0.25) is 4.98 Å². The van der Waals surface area contributed by atoms with Gasteiger partial charge in [0.25, 0.3) is 0 Å². The molecule has 0 atom stereocenters. The van der Waals surface area contributed by atoms with Crippen LogP contribution in [0.5, 0.6) is 0 Å². The molecule has 20 heavy (non-hydrogen) atoms. The smallest absolute Gasteiger partial charge is 0.144 e. The van der Waals surface area contributed by atoms with Crippen LogP contribution in [0.1, 0.15) is 5.56 Å². The Morgan fingerprint density at radius 2 is 1.90 bits per heavy atom. The maximum atomic E-state index is 5.58. The number of anilines is 1. The highest BCUT2D eigenvalue weighted by molar-refractivity contribution is 7.98. The quantitative estimate of drug-likeness (QED) is 0.437. The van der Waals surface area contributed by atoms with Gasteiger partial charge in [0.05, 0.1) is 5.52 Å². The van der Waals surface area contributed by atoms with Crippen molar-refractivity contribution in [2.75, 3.05) is 5.43 Å². The van der Waals surface area contributed by atoms with Gasteiger partial charge in [0.2, 0.25) is 0 Å². The summed E-state index contributed by atoms with van der Waals surface area (Å²) in [6, 6.07) is 14.1. The Morgan fingerprint density at radius 1 is 1.10 bits per heavy atom. The van der Waals surface area contributed by atoms with Crippen molar-refractivity contribution in [2.45, 2.75) is 10.6 Å². The predicted molar refractivity (Wildman–Crippen MR) is 83.4 cm³/mol. The van der Waals surface area contributed by atoms with E-state index in [0.29, 0.717) is 0 Å². The molecule has 0 saturated heterocycles. The third-order valence-corrected chi connectivity index (χ3v) is 4.04. The minimum atomic E-state index is 0.727. The second-order valence-corrected chi connectivity index (χ2v) is 5.35. The van der Waals surface area contributed by atoms with Gasteiger partial charge in [-0.2, -0.15) is 0 Å². The summed E-state index contributed by atoms with van der Waals surface area (Å²) >= 11 is 1.74. The SMILES string of the molecule is NNc1nc2ccccc2cc1CSc1ccncc1. The fraction of sp³-hybridized carbons (Fsp3) is 0.0667. The lowest BCUT2D eigenvalue weighted by atomic mass is 10.1. The van der Waals surface area contributed by atoms with Crippen molar-refractivity contribution in [3.8, 4) is 0 Å². The van der Waals surface area contributed by atoms with E-state index >= 15 is 0 Å². The first-order chi connectivity index (χ1) is 9.86. The molecule has 0 bridgehead atoms. The Labute approximate surface area is 121 Å². The van der Waals surface area contributed by atoms with Crippen LogP contribution in [0.2, 0.25) is 0 Å². The lowest BCUT2D eigenvalue weighted by Crippen LogP contribution is -2.11. The maximum absolute atomic E-state index is 5.58. The Kier molecular flexibility index (Phi) is 3.80. The van der Waals surface area contributed by atoms with E-state index in [1.54, 1.807) is 24.2 Å². The van der Waals surface area contributed by atoms with Gasteiger partial charge in [-0.25, -0.2) is 10.8 Å². The van der Waals surface area contributed by atoms with Crippen LogP contribution in [0.15, 0.2) is 59.8 Å². The number of hydrazine groups is 1. The van der Waals surface area contributed by atoms with Crippen molar-refractivity contribution < 1.29 is 0 Å². The zero-order valence-corrected chi connectivity index (χ0v) is 11.6. The molecule has 4 nitrogen and oxygen atoms in total. The Morgan fingerprint density at radius 3 is 2.70 bits per heavy atom. The first-order valence-electron chi connectivity index (χ1n) is 6.25. The van der Waals surface area contributed by atoms with E-state index in [4.69, 9.17) is 5.84 Å². The third-order valence-electron chi connectivity index (χ3n) is 2.98. The number of aromatic nitrogens is 2. The molecule has 0 aliphatic carbocycles. The summed E-state index contributed by atoms with van der Waals surface area (Å²) in [5, 5.41) is 1.12. The van der Waals surface area contributed by atoms with E-state index in [2.05, 4.69) is 27.5 Å². The average Bonchev–Trinajstić information content (AvgIpc) is 2.53. The highest BCUT2D eigenvalue weighted by atomic mass is 32.2. The largest absolute Gasteiger partial charge is 0.308 e. The molecule has 0 amide bonds. The Bertz CT molecular complexity index is 715. The molecule has 2 heterocycles.